The van der Waals surface area contributed by atoms with Gasteiger partial charge in [-0.3, -0.25) is 0 Å². The highest BCUT2D eigenvalue weighted by atomic mass is 79.9. The molecule has 0 aliphatic rings. The number of hydrogen-bond donors (Lipinski definition) is 2. The highest BCUT2D eigenvalue weighted by molar-refractivity contribution is 9.10. The van der Waals surface area contributed by atoms with Crippen LogP contribution in [0.1, 0.15) is 5.56 Å². The molecule has 0 atom stereocenters. The number of halogens is 1. The fraction of sp³-hybridized carbons (Fsp3) is 0.125. The summed E-state index contributed by atoms with van der Waals surface area (Å²) in [6.45, 7) is 0. The Kier molecular flexibility index (Phi) is 3.62. The second-order valence-electron chi connectivity index (χ2n) is 2.15. The van der Waals surface area contributed by atoms with Crippen LogP contribution in [0.15, 0.2) is 22.7 Å². The van der Waals surface area contributed by atoms with E-state index in [4.69, 9.17) is 5.41 Å². The molecule has 0 heterocycles. The molecule has 1 aromatic rings. The summed E-state index contributed by atoms with van der Waals surface area (Å²) in [5, 5.41) is 7.20. The minimum absolute atomic E-state index is 0.881. The van der Waals surface area contributed by atoms with E-state index in [-0.39, 0.29) is 0 Å². The van der Waals surface area contributed by atoms with Gasteiger partial charge in [0.25, 0.3) is 0 Å². The summed E-state index contributed by atoms with van der Waals surface area (Å²) >= 11 is 4.90. The first kappa shape index (κ1) is 9.61. The maximum absolute atomic E-state index is 7.20. The molecule has 64 valence electrons. The summed E-state index contributed by atoms with van der Waals surface area (Å²) in [6.07, 6.45) is 3.29. The fourth-order valence-corrected chi connectivity index (χ4v) is 1.76. The molecule has 0 aliphatic carbocycles. The quantitative estimate of drug-likeness (QED) is 0.634. The molecule has 1 rings (SSSR count). The molecule has 0 saturated heterocycles. The van der Waals surface area contributed by atoms with Gasteiger partial charge in [0.1, 0.15) is 0 Å². The zero-order valence-corrected chi connectivity index (χ0v) is 9.00. The van der Waals surface area contributed by atoms with Gasteiger partial charge in [0.05, 0.1) is 5.69 Å². The Hall–Kier alpha value is -0.480. The van der Waals surface area contributed by atoms with E-state index in [0.717, 1.165) is 15.7 Å². The molecule has 4 heteroatoms. The Morgan fingerprint density at radius 3 is 2.92 bits per heavy atom. The van der Waals surface area contributed by atoms with Gasteiger partial charge in [-0.15, -0.1) is 0 Å². The maximum Gasteiger partial charge on any atom is 0.0539 e. The molecule has 0 spiro atoms. The first-order valence-corrected chi connectivity index (χ1v) is 5.39. The van der Waals surface area contributed by atoms with Gasteiger partial charge in [0.2, 0.25) is 0 Å². The van der Waals surface area contributed by atoms with Crippen LogP contribution in [-0.2, 0) is 0 Å². The van der Waals surface area contributed by atoms with Crippen molar-refractivity contribution in [3.05, 3.63) is 28.2 Å². The zero-order valence-electron chi connectivity index (χ0n) is 6.60. The largest absolute Gasteiger partial charge is 0.329 e. The second-order valence-corrected chi connectivity index (χ2v) is 3.62. The van der Waals surface area contributed by atoms with Crippen LogP contribution in [0, 0.1) is 5.41 Å². The van der Waals surface area contributed by atoms with E-state index in [1.807, 2.05) is 24.5 Å². The standard InChI is InChI=1S/C8H9BrN2S/c1-12-11-8-4-2-3-7(9)6(8)5-10/h2-5,10-11H,1H3. The van der Waals surface area contributed by atoms with Gasteiger partial charge in [0, 0.05) is 22.5 Å². The zero-order chi connectivity index (χ0) is 8.97. The Balaban J connectivity index is 3.09. The third-order valence-corrected chi connectivity index (χ3v) is 2.52. The predicted molar refractivity (Wildman–Crippen MR) is 59.2 cm³/mol. The number of anilines is 1. The molecule has 2 N–H and O–H groups in total. The Labute approximate surface area is 84.5 Å². The molecule has 0 fully saturated rings. The van der Waals surface area contributed by atoms with Crippen molar-refractivity contribution in [1.82, 2.24) is 0 Å². The van der Waals surface area contributed by atoms with Crippen molar-refractivity contribution in [2.24, 2.45) is 0 Å². The van der Waals surface area contributed by atoms with E-state index in [2.05, 4.69) is 20.7 Å². The van der Waals surface area contributed by atoms with Gasteiger partial charge in [-0.2, -0.15) is 0 Å². The predicted octanol–water partition coefficient (Wildman–Crippen LogP) is 3.14. The lowest BCUT2D eigenvalue weighted by Crippen LogP contribution is -1.92. The molecule has 0 bridgehead atoms. The summed E-state index contributed by atoms with van der Waals surface area (Å²) in [6, 6.07) is 5.81. The van der Waals surface area contributed by atoms with Crippen molar-refractivity contribution in [1.29, 1.82) is 5.41 Å². The van der Waals surface area contributed by atoms with Gasteiger partial charge < -0.3 is 10.1 Å². The molecule has 12 heavy (non-hydrogen) atoms. The van der Waals surface area contributed by atoms with E-state index in [0.29, 0.717) is 0 Å². The molecule has 0 saturated carbocycles. The van der Waals surface area contributed by atoms with Gasteiger partial charge in [-0.1, -0.05) is 33.9 Å². The Bertz CT molecular complexity index is 288. The highest BCUT2D eigenvalue weighted by Crippen LogP contribution is 2.24. The minimum Gasteiger partial charge on any atom is -0.329 e. The number of rotatable bonds is 3. The van der Waals surface area contributed by atoms with Crippen molar-refractivity contribution in [3.63, 3.8) is 0 Å². The van der Waals surface area contributed by atoms with Crippen LogP contribution < -0.4 is 4.72 Å². The topological polar surface area (TPSA) is 35.9 Å². The molecular formula is C8H9BrN2S. The molecule has 0 radical (unpaired) electrons. The summed E-state index contributed by atoms with van der Waals surface area (Å²) in [5.41, 5.74) is 1.85. The first-order valence-electron chi connectivity index (χ1n) is 3.37. The molecule has 1 aromatic carbocycles. The Morgan fingerprint density at radius 2 is 2.33 bits per heavy atom. The summed E-state index contributed by atoms with van der Waals surface area (Å²) in [7, 11) is 0. The summed E-state index contributed by atoms with van der Waals surface area (Å²) in [5.74, 6) is 0. The van der Waals surface area contributed by atoms with E-state index >= 15 is 0 Å². The first-order chi connectivity index (χ1) is 5.79. The third-order valence-electron chi connectivity index (χ3n) is 1.41. The normalized spacial score (nSPS) is 9.50. The van der Waals surface area contributed by atoms with Crippen molar-refractivity contribution in [2.75, 3.05) is 11.0 Å². The smallest absolute Gasteiger partial charge is 0.0539 e. The van der Waals surface area contributed by atoms with Crippen molar-refractivity contribution < 1.29 is 0 Å². The lowest BCUT2D eigenvalue weighted by Gasteiger charge is -2.06. The fourth-order valence-electron chi connectivity index (χ4n) is 0.883. The second kappa shape index (κ2) is 4.52. The van der Waals surface area contributed by atoms with Crippen molar-refractivity contribution in [2.45, 2.75) is 0 Å². The van der Waals surface area contributed by atoms with E-state index in [9.17, 15) is 0 Å². The molecule has 0 amide bonds. The molecule has 0 aromatic heterocycles. The van der Waals surface area contributed by atoms with Crippen molar-refractivity contribution in [3.8, 4) is 0 Å². The third kappa shape index (κ3) is 2.01. The van der Waals surface area contributed by atoms with E-state index in [1.165, 1.54) is 18.2 Å². The van der Waals surface area contributed by atoms with Crippen LogP contribution in [0.2, 0.25) is 0 Å². The van der Waals surface area contributed by atoms with Gasteiger partial charge in [-0.25, -0.2) is 0 Å². The summed E-state index contributed by atoms with van der Waals surface area (Å²) in [4.78, 5) is 0. The van der Waals surface area contributed by atoms with Gasteiger partial charge in [-0.05, 0) is 12.1 Å². The van der Waals surface area contributed by atoms with Crippen LogP contribution in [-0.4, -0.2) is 12.5 Å². The van der Waals surface area contributed by atoms with Crippen molar-refractivity contribution >= 4 is 39.8 Å². The molecule has 0 unspecified atom stereocenters. The minimum atomic E-state index is 0.881. The SMILES string of the molecule is CSNc1cccc(Br)c1C=N. The molecule has 2 nitrogen and oxygen atoms in total. The molecule has 0 aliphatic heterocycles. The number of benzene rings is 1. The monoisotopic (exact) mass is 244 g/mol. The maximum atomic E-state index is 7.20. The number of nitrogens with one attached hydrogen (secondary N) is 2. The highest BCUT2D eigenvalue weighted by Gasteiger charge is 2.01. The van der Waals surface area contributed by atoms with E-state index in [1.54, 1.807) is 0 Å². The summed E-state index contributed by atoms with van der Waals surface area (Å²) < 4.78 is 4.04. The van der Waals surface area contributed by atoms with Crippen LogP contribution in [0.3, 0.4) is 0 Å². The van der Waals surface area contributed by atoms with Gasteiger partial charge >= 0.3 is 0 Å². The Morgan fingerprint density at radius 1 is 1.58 bits per heavy atom. The lowest BCUT2D eigenvalue weighted by atomic mass is 10.2. The number of hydrogen-bond acceptors (Lipinski definition) is 3. The van der Waals surface area contributed by atoms with Crippen LogP contribution >= 0.6 is 27.9 Å². The van der Waals surface area contributed by atoms with Crippen LogP contribution in [0.5, 0.6) is 0 Å². The van der Waals surface area contributed by atoms with Gasteiger partial charge in [0.15, 0.2) is 0 Å². The molecular weight excluding hydrogens is 236 g/mol. The van der Waals surface area contributed by atoms with Crippen LogP contribution in [0.4, 0.5) is 5.69 Å². The van der Waals surface area contributed by atoms with E-state index < -0.39 is 0 Å². The van der Waals surface area contributed by atoms with Crippen LogP contribution in [0.25, 0.3) is 0 Å². The lowest BCUT2D eigenvalue weighted by molar-refractivity contribution is 1.52. The average molecular weight is 245 g/mol. The average Bonchev–Trinajstić information content (AvgIpc) is 2.05.